The standard InChI is InChI=1S/C16H19Cl2N5O4/c1-26-7-5-22(6-8-27-2)16-14(23(24)25)15(19-10-20-16)21-11-3-4-12(17)13(18)9-11/h3-4,9-10H,5-8H2,1-2H3,(H,19,20,21). The average molecular weight is 416 g/mol. The molecule has 0 aliphatic heterocycles. The van der Waals surface area contributed by atoms with Gasteiger partial charge < -0.3 is 19.7 Å². The molecule has 0 bridgehead atoms. The highest BCUT2D eigenvalue weighted by Gasteiger charge is 2.27. The van der Waals surface area contributed by atoms with Crippen LogP contribution in [0.2, 0.25) is 10.0 Å². The Hall–Kier alpha value is -2.20. The van der Waals surface area contributed by atoms with E-state index in [1.807, 2.05) is 0 Å². The molecule has 0 saturated heterocycles. The Bertz CT molecular complexity index is 785. The molecule has 0 amide bonds. The number of rotatable bonds is 10. The number of methoxy groups -OCH3 is 2. The molecule has 9 nitrogen and oxygen atoms in total. The van der Waals surface area contributed by atoms with E-state index >= 15 is 0 Å². The van der Waals surface area contributed by atoms with Gasteiger partial charge in [0.05, 0.1) is 28.2 Å². The Morgan fingerprint density at radius 3 is 2.37 bits per heavy atom. The van der Waals surface area contributed by atoms with Crippen LogP contribution in [0.4, 0.5) is 23.0 Å². The van der Waals surface area contributed by atoms with Crippen molar-refractivity contribution in [3.05, 3.63) is 44.7 Å². The summed E-state index contributed by atoms with van der Waals surface area (Å²) < 4.78 is 10.2. The van der Waals surface area contributed by atoms with Crippen molar-refractivity contribution in [3.63, 3.8) is 0 Å². The first kappa shape index (κ1) is 21.1. The van der Waals surface area contributed by atoms with E-state index in [-0.39, 0.29) is 17.3 Å². The van der Waals surface area contributed by atoms with Crippen LogP contribution in [0.5, 0.6) is 0 Å². The Kier molecular flexibility index (Phi) is 7.99. The van der Waals surface area contributed by atoms with Gasteiger partial charge in [-0.05, 0) is 18.2 Å². The largest absolute Gasteiger partial charge is 0.383 e. The number of anilines is 3. The summed E-state index contributed by atoms with van der Waals surface area (Å²) in [4.78, 5) is 21.1. The Balaban J connectivity index is 2.41. The topological polar surface area (TPSA) is 103 Å². The number of nitro groups is 1. The third-order valence-corrected chi connectivity index (χ3v) is 4.34. The summed E-state index contributed by atoms with van der Waals surface area (Å²) >= 11 is 11.9. The van der Waals surface area contributed by atoms with Gasteiger partial charge in [-0.2, -0.15) is 0 Å². The van der Waals surface area contributed by atoms with E-state index in [4.69, 9.17) is 32.7 Å². The van der Waals surface area contributed by atoms with Crippen molar-refractivity contribution in [2.24, 2.45) is 0 Å². The van der Waals surface area contributed by atoms with Gasteiger partial charge in [0.25, 0.3) is 0 Å². The number of benzene rings is 1. The maximum atomic E-state index is 11.8. The fourth-order valence-electron chi connectivity index (χ4n) is 2.30. The quantitative estimate of drug-likeness (QED) is 0.464. The molecule has 2 aromatic rings. The zero-order chi connectivity index (χ0) is 19.8. The van der Waals surface area contributed by atoms with Crippen molar-refractivity contribution in [1.29, 1.82) is 0 Å². The fraction of sp³-hybridized carbons (Fsp3) is 0.375. The van der Waals surface area contributed by atoms with E-state index in [2.05, 4.69) is 15.3 Å². The monoisotopic (exact) mass is 415 g/mol. The van der Waals surface area contributed by atoms with Crippen molar-refractivity contribution in [2.75, 3.05) is 50.7 Å². The number of nitrogens with one attached hydrogen (secondary N) is 1. The van der Waals surface area contributed by atoms with Gasteiger partial charge in [0.2, 0.25) is 11.6 Å². The smallest absolute Gasteiger partial charge is 0.353 e. The van der Waals surface area contributed by atoms with Crippen molar-refractivity contribution in [1.82, 2.24) is 9.97 Å². The third kappa shape index (κ3) is 5.64. The summed E-state index contributed by atoms with van der Waals surface area (Å²) in [6.45, 7) is 1.56. The van der Waals surface area contributed by atoms with E-state index in [0.717, 1.165) is 0 Å². The number of hydrogen-bond donors (Lipinski definition) is 1. The SMILES string of the molecule is COCCN(CCOC)c1ncnc(Nc2ccc(Cl)c(Cl)c2)c1[N+](=O)[O-]. The molecule has 0 aliphatic carbocycles. The van der Waals surface area contributed by atoms with Gasteiger partial charge in [-0.25, -0.2) is 9.97 Å². The van der Waals surface area contributed by atoms with Crippen LogP contribution in [0, 0.1) is 10.1 Å². The van der Waals surface area contributed by atoms with Gasteiger partial charge in [-0.3, -0.25) is 10.1 Å². The lowest BCUT2D eigenvalue weighted by Gasteiger charge is -2.23. The molecule has 0 radical (unpaired) electrons. The molecular weight excluding hydrogens is 397 g/mol. The summed E-state index contributed by atoms with van der Waals surface area (Å²) in [5.41, 5.74) is 0.258. The number of hydrogen-bond acceptors (Lipinski definition) is 8. The normalized spacial score (nSPS) is 10.7. The lowest BCUT2D eigenvalue weighted by Crippen LogP contribution is -2.32. The Morgan fingerprint density at radius 2 is 1.81 bits per heavy atom. The van der Waals surface area contributed by atoms with E-state index in [0.29, 0.717) is 42.0 Å². The molecule has 0 spiro atoms. The highest BCUT2D eigenvalue weighted by atomic mass is 35.5. The molecule has 1 heterocycles. The van der Waals surface area contributed by atoms with Crippen LogP contribution < -0.4 is 10.2 Å². The van der Waals surface area contributed by atoms with Crippen LogP contribution in [0.15, 0.2) is 24.5 Å². The minimum absolute atomic E-state index is 0.0447. The van der Waals surface area contributed by atoms with Gasteiger partial charge in [0.1, 0.15) is 6.33 Å². The van der Waals surface area contributed by atoms with Crippen molar-refractivity contribution >= 4 is 46.2 Å². The summed E-state index contributed by atoms with van der Waals surface area (Å²) in [6.07, 6.45) is 1.26. The molecule has 0 atom stereocenters. The summed E-state index contributed by atoms with van der Waals surface area (Å²) in [5, 5.41) is 15.4. The van der Waals surface area contributed by atoms with Gasteiger partial charge >= 0.3 is 5.69 Å². The summed E-state index contributed by atoms with van der Waals surface area (Å²) in [7, 11) is 3.11. The van der Waals surface area contributed by atoms with Crippen molar-refractivity contribution in [3.8, 4) is 0 Å². The zero-order valence-corrected chi connectivity index (χ0v) is 16.3. The molecule has 0 fully saturated rings. The molecule has 27 heavy (non-hydrogen) atoms. The van der Waals surface area contributed by atoms with E-state index in [1.165, 1.54) is 6.33 Å². The van der Waals surface area contributed by atoms with Crippen molar-refractivity contribution < 1.29 is 14.4 Å². The number of nitrogens with zero attached hydrogens (tertiary/aromatic N) is 4. The van der Waals surface area contributed by atoms with E-state index in [9.17, 15) is 10.1 Å². The maximum absolute atomic E-state index is 11.8. The molecule has 1 aromatic carbocycles. The van der Waals surface area contributed by atoms with Crippen molar-refractivity contribution in [2.45, 2.75) is 0 Å². The van der Waals surface area contributed by atoms with Crippen LogP contribution in [-0.4, -0.2) is 55.4 Å². The highest BCUT2D eigenvalue weighted by molar-refractivity contribution is 6.42. The molecule has 1 aromatic heterocycles. The molecule has 11 heteroatoms. The van der Waals surface area contributed by atoms with Gasteiger partial charge in [0, 0.05) is 33.0 Å². The first-order valence-electron chi connectivity index (χ1n) is 7.92. The minimum Gasteiger partial charge on any atom is -0.383 e. The molecule has 1 N–H and O–H groups in total. The number of ether oxygens (including phenoxy) is 2. The average Bonchev–Trinajstić information content (AvgIpc) is 2.64. The molecule has 146 valence electrons. The van der Waals surface area contributed by atoms with Crippen LogP contribution in [0.3, 0.4) is 0 Å². The van der Waals surface area contributed by atoms with Crippen LogP contribution >= 0.6 is 23.2 Å². The second kappa shape index (κ2) is 10.2. The van der Waals surface area contributed by atoms with Gasteiger partial charge in [0.15, 0.2) is 0 Å². The van der Waals surface area contributed by atoms with Gasteiger partial charge in [-0.1, -0.05) is 23.2 Å². The zero-order valence-electron chi connectivity index (χ0n) is 14.8. The fourth-order valence-corrected chi connectivity index (χ4v) is 2.60. The first-order chi connectivity index (χ1) is 13.0. The molecule has 0 unspecified atom stereocenters. The highest BCUT2D eigenvalue weighted by Crippen LogP contribution is 2.34. The second-order valence-corrected chi connectivity index (χ2v) is 6.19. The van der Waals surface area contributed by atoms with Gasteiger partial charge in [-0.15, -0.1) is 0 Å². The van der Waals surface area contributed by atoms with Crippen LogP contribution in [-0.2, 0) is 9.47 Å². The summed E-state index contributed by atoms with van der Waals surface area (Å²) in [6, 6.07) is 4.79. The number of aromatic nitrogens is 2. The van der Waals surface area contributed by atoms with Crippen LogP contribution in [0.25, 0.3) is 0 Å². The first-order valence-corrected chi connectivity index (χ1v) is 8.67. The molecule has 0 aliphatic rings. The third-order valence-electron chi connectivity index (χ3n) is 3.60. The Labute approximate surface area is 166 Å². The van der Waals surface area contributed by atoms with E-state index < -0.39 is 4.92 Å². The Morgan fingerprint density at radius 1 is 1.15 bits per heavy atom. The van der Waals surface area contributed by atoms with Crippen LogP contribution in [0.1, 0.15) is 0 Å². The summed E-state index contributed by atoms with van der Waals surface area (Å²) in [5.74, 6) is 0.217. The second-order valence-electron chi connectivity index (χ2n) is 5.38. The maximum Gasteiger partial charge on any atom is 0.353 e. The predicted molar refractivity (Wildman–Crippen MR) is 104 cm³/mol. The lowest BCUT2D eigenvalue weighted by molar-refractivity contribution is -0.383. The minimum atomic E-state index is -0.526. The molecule has 0 saturated carbocycles. The lowest BCUT2D eigenvalue weighted by atomic mass is 10.3. The number of halogens is 2. The van der Waals surface area contributed by atoms with E-state index in [1.54, 1.807) is 37.3 Å². The molecular formula is C16H19Cl2N5O4. The predicted octanol–water partition coefficient (Wildman–Crippen LogP) is 3.53. The molecule has 2 rings (SSSR count).